The number of aromatic nitrogens is 1. The summed E-state index contributed by atoms with van der Waals surface area (Å²) in [7, 11) is 0. The van der Waals surface area contributed by atoms with Crippen molar-refractivity contribution in [3.05, 3.63) is 29.6 Å². The molecule has 0 fully saturated rings. The van der Waals surface area contributed by atoms with Gasteiger partial charge in [0.2, 0.25) is 0 Å². The van der Waals surface area contributed by atoms with Gasteiger partial charge in [0.15, 0.2) is 0 Å². The molecule has 0 radical (unpaired) electrons. The van der Waals surface area contributed by atoms with Crippen LogP contribution in [0.3, 0.4) is 0 Å². The van der Waals surface area contributed by atoms with Crippen LogP contribution in [-0.2, 0) is 11.2 Å². The Bertz CT molecular complexity index is 349. The van der Waals surface area contributed by atoms with Gasteiger partial charge in [0.05, 0.1) is 5.56 Å². The van der Waals surface area contributed by atoms with Gasteiger partial charge in [-0.2, -0.15) is 0 Å². The van der Waals surface area contributed by atoms with E-state index in [2.05, 4.69) is 11.9 Å². The second-order valence-corrected chi connectivity index (χ2v) is 3.55. The van der Waals surface area contributed by atoms with Gasteiger partial charge in [-0.25, -0.2) is 4.79 Å². The Kier molecular flexibility index (Phi) is 2.48. The third kappa shape index (κ3) is 1.62. The van der Waals surface area contributed by atoms with E-state index in [1.165, 1.54) is 0 Å². The molecule has 1 aromatic heterocycles. The van der Waals surface area contributed by atoms with Gasteiger partial charge in [-0.15, -0.1) is 0 Å². The lowest BCUT2D eigenvalue weighted by Crippen LogP contribution is -2.27. The van der Waals surface area contributed by atoms with Gasteiger partial charge in [0, 0.05) is 18.8 Å². The van der Waals surface area contributed by atoms with Crippen molar-refractivity contribution in [1.29, 1.82) is 0 Å². The zero-order valence-corrected chi connectivity index (χ0v) is 8.19. The van der Waals surface area contributed by atoms with E-state index in [1.807, 2.05) is 6.07 Å². The van der Waals surface area contributed by atoms with Crippen LogP contribution in [0.25, 0.3) is 0 Å². The predicted octanol–water partition coefficient (Wildman–Crippen LogP) is 1.96. The molecule has 0 N–H and O–H groups in total. The lowest BCUT2D eigenvalue weighted by Gasteiger charge is -2.23. The first-order valence-electron chi connectivity index (χ1n) is 4.95. The minimum atomic E-state index is -0.224. The average molecular weight is 191 g/mol. The molecule has 0 spiro atoms. The van der Waals surface area contributed by atoms with Crippen molar-refractivity contribution in [1.82, 2.24) is 4.98 Å². The lowest BCUT2D eigenvalue weighted by molar-refractivity contribution is 0.0236. The Hall–Kier alpha value is -1.38. The highest BCUT2D eigenvalue weighted by Crippen LogP contribution is 2.21. The molecule has 1 atom stereocenters. The van der Waals surface area contributed by atoms with Crippen LogP contribution in [-0.4, -0.2) is 17.1 Å². The summed E-state index contributed by atoms with van der Waals surface area (Å²) < 4.78 is 5.27. The van der Waals surface area contributed by atoms with Crippen molar-refractivity contribution >= 4 is 5.97 Å². The summed E-state index contributed by atoms with van der Waals surface area (Å²) in [6.07, 6.45) is 6.17. The monoisotopic (exact) mass is 191 g/mol. The zero-order valence-electron chi connectivity index (χ0n) is 8.19. The highest BCUT2D eigenvalue weighted by atomic mass is 16.5. The molecule has 2 rings (SSSR count). The molecule has 3 heteroatoms. The molecular formula is C11H13NO2. The Balaban J connectivity index is 2.24. The van der Waals surface area contributed by atoms with E-state index in [0.717, 1.165) is 24.8 Å². The van der Waals surface area contributed by atoms with Gasteiger partial charge >= 0.3 is 5.97 Å². The molecule has 3 nitrogen and oxygen atoms in total. The molecule has 0 saturated carbocycles. The Morgan fingerprint density at radius 1 is 1.64 bits per heavy atom. The number of carbonyl (C=O) groups is 1. The molecule has 1 unspecified atom stereocenters. The number of esters is 1. The first kappa shape index (κ1) is 9.19. The summed E-state index contributed by atoms with van der Waals surface area (Å²) in [4.78, 5) is 15.4. The quantitative estimate of drug-likeness (QED) is 0.671. The average Bonchev–Trinajstić information content (AvgIpc) is 2.18. The van der Waals surface area contributed by atoms with Crippen LogP contribution in [0.15, 0.2) is 18.5 Å². The van der Waals surface area contributed by atoms with E-state index >= 15 is 0 Å². The second-order valence-electron chi connectivity index (χ2n) is 3.55. The van der Waals surface area contributed by atoms with Crippen molar-refractivity contribution in [2.24, 2.45) is 0 Å². The summed E-state index contributed by atoms with van der Waals surface area (Å²) in [5.41, 5.74) is 1.69. The van der Waals surface area contributed by atoms with Crippen LogP contribution in [0.5, 0.6) is 0 Å². The van der Waals surface area contributed by atoms with Gasteiger partial charge in [-0.1, -0.05) is 13.3 Å². The van der Waals surface area contributed by atoms with Crippen LogP contribution in [0, 0.1) is 0 Å². The summed E-state index contributed by atoms with van der Waals surface area (Å²) in [5, 5.41) is 0. The number of ether oxygens (including phenoxy) is 1. The molecular weight excluding hydrogens is 178 g/mol. The van der Waals surface area contributed by atoms with Gasteiger partial charge in [-0.05, 0) is 18.1 Å². The SMILES string of the molecule is CCCC1Cc2ccncc2C(=O)O1. The van der Waals surface area contributed by atoms with Gasteiger partial charge in [0.1, 0.15) is 6.10 Å². The Labute approximate surface area is 83.1 Å². The van der Waals surface area contributed by atoms with E-state index < -0.39 is 0 Å². The molecule has 1 aromatic rings. The number of carbonyl (C=O) groups excluding carboxylic acids is 1. The van der Waals surface area contributed by atoms with Gasteiger partial charge in [0.25, 0.3) is 0 Å². The molecule has 0 saturated heterocycles. The lowest BCUT2D eigenvalue weighted by atomic mass is 9.98. The second kappa shape index (κ2) is 3.78. The first-order valence-corrected chi connectivity index (χ1v) is 4.95. The van der Waals surface area contributed by atoms with Crippen LogP contribution >= 0.6 is 0 Å². The van der Waals surface area contributed by atoms with Crippen molar-refractivity contribution in [2.45, 2.75) is 32.3 Å². The molecule has 0 aromatic carbocycles. The predicted molar refractivity (Wildman–Crippen MR) is 52.1 cm³/mol. The van der Waals surface area contributed by atoms with Crippen LogP contribution in [0.4, 0.5) is 0 Å². The summed E-state index contributed by atoms with van der Waals surface area (Å²) in [5.74, 6) is -0.224. The maximum Gasteiger partial charge on any atom is 0.340 e. The Morgan fingerprint density at radius 3 is 3.29 bits per heavy atom. The largest absolute Gasteiger partial charge is 0.458 e. The van der Waals surface area contributed by atoms with E-state index in [0.29, 0.717) is 5.56 Å². The van der Waals surface area contributed by atoms with Crippen molar-refractivity contribution in [2.75, 3.05) is 0 Å². The normalized spacial score (nSPS) is 20.1. The van der Waals surface area contributed by atoms with E-state index in [-0.39, 0.29) is 12.1 Å². The molecule has 1 aliphatic heterocycles. The molecule has 1 aliphatic rings. The number of pyridine rings is 1. The standard InChI is InChI=1S/C11H13NO2/c1-2-3-9-6-8-4-5-12-7-10(8)11(13)14-9/h4-5,7,9H,2-3,6H2,1H3. The minimum absolute atomic E-state index is 0.0578. The molecule has 74 valence electrons. The van der Waals surface area contributed by atoms with E-state index in [4.69, 9.17) is 4.74 Å². The third-order valence-electron chi connectivity index (χ3n) is 2.46. The van der Waals surface area contributed by atoms with E-state index in [1.54, 1.807) is 12.4 Å². The van der Waals surface area contributed by atoms with E-state index in [9.17, 15) is 4.79 Å². The summed E-state index contributed by atoms with van der Waals surface area (Å²) >= 11 is 0. The highest BCUT2D eigenvalue weighted by molar-refractivity contribution is 5.91. The number of fused-ring (bicyclic) bond motifs is 1. The molecule has 0 amide bonds. The number of nitrogens with zero attached hydrogens (tertiary/aromatic N) is 1. The van der Waals surface area contributed by atoms with Crippen molar-refractivity contribution in [3.8, 4) is 0 Å². The molecule has 14 heavy (non-hydrogen) atoms. The molecule has 0 bridgehead atoms. The maximum absolute atomic E-state index is 11.5. The number of rotatable bonds is 2. The van der Waals surface area contributed by atoms with Gasteiger partial charge < -0.3 is 4.74 Å². The fourth-order valence-electron chi connectivity index (χ4n) is 1.77. The fraction of sp³-hybridized carbons (Fsp3) is 0.455. The number of hydrogen-bond acceptors (Lipinski definition) is 3. The topological polar surface area (TPSA) is 39.2 Å². The number of hydrogen-bond donors (Lipinski definition) is 0. The Morgan fingerprint density at radius 2 is 2.50 bits per heavy atom. The highest BCUT2D eigenvalue weighted by Gasteiger charge is 2.25. The summed E-state index contributed by atoms with van der Waals surface area (Å²) in [6, 6.07) is 1.90. The first-order chi connectivity index (χ1) is 6.81. The van der Waals surface area contributed by atoms with Crippen molar-refractivity contribution in [3.63, 3.8) is 0 Å². The smallest absolute Gasteiger partial charge is 0.340 e. The van der Waals surface area contributed by atoms with Crippen LogP contribution in [0.2, 0.25) is 0 Å². The molecule has 2 heterocycles. The minimum Gasteiger partial charge on any atom is -0.458 e. The van der Waals surface area contributed by atoms with Gasteiger partial charge in [-0.3, -0.25) is 4.98 Å². The molecule has 0 aliphatic carbocycles. The van der Waals surface area contributed by atoms with Crippen molar-refractivity contribution < 1.29 is 9.53 Å². The fourth-order valence-corrected chi connectivity index (χ4v) is 1.77. The van der Waals surface area contributed by atoms with Crippen LogP contribution < -0.4 is 0 Å². The van der Waals surface area contributed by atoms with Crippen LogP contribution in [0.1, 0.15) is 35.7 Å². The summed E-state index contributed by atoms with van der Waals surface area (Å²) in [6.45, 7) is 2.09. The zero-order chi connectivity index (χ0) is 9.97. The maximum atomic E-state index is 11.5. The third-order valence-corrected chi connectivity index (χ3v) is 2.46. The number of cyclic esters (lactones) is 1.